The van der Waals surface area contributed by atoms with E-state index in [0.717, 1.165) is 38.0 Å². The van der Waals surface area contributed by atoms with Crippen molar-refractivity contribution >= 4 is 23.5 Å². The van der Waals surface area contributed by atoms with E-state index in [1.807, 2.05) is 36.4 Å². The van der Waals surface area contributed by atoms with Crippen molar-refractivity contribution in [3.05, 3.63) is 107 Å². The Bertz CT molecular complexity index is 1220. The molecule has 0 aromatic heterocycles. The van der Waals surface area contributed by atoms with Crippen LogP contribution in [-0.4, -0.2) is 54.7 Å². The van der Waals surface area contributed by atoms with Crippen molar-refractivity contribution in [3.63, 3.8) is 0 Å². The van der Waals surface area contributed by atoms with Gasteiger partial charge < -0.3 is 20.1 Å². The smallest absolute Gasteiger partial charge is 0.305 e. The molecule has 0 spiro atoms. The summed E-state index contributed by atoms with van der Waals surface area (Å²) in [6.45, 7) is 5.15. The lowest BCUT2D eigenvalue weighted by atomic mass is 9.71. The van der Waals surface area contributed by atoms with Gasteiger partial charge in [-0.1, -0.05) is 84.4 Å². The molecule has 0 aliphatic carbocycles. The van der Waals surface area contributed by atoms with Gasteiger partial charge in [-0.2, -0.15) is 0 Å². The second-order valence-corrected chi connectivity index (χ2v) is 11.7. The molecule has 0 atom stereocenters. The number of hydrogen-bond donors (Lipinski definition) is 2. The number of carbonyl (C=O) groups is 2. The molecular weight excluding hydrogens is 548 g/mol. The highest BCUT2D eigenvalue weighted by Gasteiger charge is 2.36. The molecule has 3 aromatic carbocycles. The van der Waals surface area contributed by atoms with Crippen LogP contribution in [0, 0.1) is 0 Å². The van der Waals surface area contributed by atoms with Gasteiger partial charge in [-0.25, -0.2) is 0 Å². The van der Waals surface area contributed by atoms with Crippen LogP contribution in [0.15, 0.2) is 84.9 Å². The molecule has 1 saturated heterocycles. The maximum atomic E-state index is 12.9. The Labute approximate surface area is 255 Å². The van der Waals surface area contributed by atoms with Crippen molar-refractivity contribution in [3.8, 4) is 0 Å². The predicted octanol–water partition coefficient (Wildman–Crippen LogP) is 6.24. The van der Waals surface area contributed by atoms with E-state index in [0.29, 0.717) is 37.4 Å². The van der Waals surface area contributed by atoms with Crippen LogP contribution in [0.1, 0.15) is 68.6 Å². The van der Waals surface area contributed by atoms with Gasteiger partial charge in [-0.05, 0) is 74.4 Å². The lowest BCUT2D eigenvalue weighted by molar-refractivity contribution is -0.143. The van der Waals surface area contributed by atoms with Gasteiger partial charge >= 0.3 is 5.97 Å². The third-order valence-corrected chi connectivity index (χ3v) is 8.72. The first-order chi connectivity index (χ1) is 20.3. The molecule has 1 amide bonds. The quantitative estimate of drug-likeness (QED) is 0.217. The summed E-state index contributed by atoms with van der Waals surface area (Å²) in [5, 5.41) is 15.2. The van der Waals surface area contributed by atoms with Crippen LogP contribution >= 0.6 is 11.6 Å². The summed E-state index contributed by atoms with van der Waals surface area (Å²) >= 11 is 6.06. The Balaban J connectivity index is 1.42. The van der Waals surface area contributed by atoms with Crippen molar-refractivity contribution in [2.45, 2.75) is 62.9 Å². The monoisotopic (exact) mass is 590 g/mol. The van der Waals surface area contributed by atoms with E-state index in [1.54, 1.807) is 6.92 Å². The highest BCUT2D eigenvalue weighted by atomic mass is 35.5. The van der Waals surface area contributed by atoms with Crippen LogP contribution in [0.5, 0.6) is 0 Å². The largest absolute Gasteiger partial charge is 0.466 e. The number of piperidine rings is 1. The summed E-state index contributed by atoms with van der Waals surface area (Å²) in [5.41, 5.74) is 2.03. The van der Waals surface area contributed by atoms with Crippen LogP contribution in [-0.2, 0) is 25.3 Å². The Kier molecular flexibility index (Phi) is 11.6. The fraction of sp³-hybridized carbons (Fsp3) is 0.429. The van der Waals surface area contributed by atoms with Gasteiger partial charge in [0.05, 0.1) is 12.2 Å². The Morgan fingerprint density at radius 3 is 2.07 bits per heavy atom. The molecule has 3 aromatic rings. The Morgan fingerprint density at radius 2 is 1.50 bits per heavy atom. The van der Waals surface area contributed by atoms with Gasteiger partial charge in [-0.3, -0.25) is 9.59 Å². The number of esters is 1. The van der Waals surface area contributed by atoms with Crippen LogP contribution < -0.4 is 5.32 Å². The van der Waals surface area contributed by atoms with Gasteiger partial charge in [0.25, 0.3) is 0 Å². The average molecular weight is 591 g/mol. The molecule has 4 rings (SSSR count). The topological polar surface area (TPSA) is 78.9 Å². The fourth-order valence-corrected chi connectivity index (χ4v) is 6.15. The molecule has 0 bridgehead atoms. The molecule has 0 unspecified atom stereocenters. The Morgan fingerprint density at radius 1 is 0.905 bits per heavy atom. The second-order valence-electron chi connectivity index (χ2n) is 11.2. The number of benzene rings is 3. The van der Waals surface area contributed by atoms with Crippen LogP contribution in [0.4, 0.5) is 0 Å². The van der Waals surface area contributed by atoms with Gasteiger partial charge in [0.2, 0.25) is 5.91 Å². The summed E-state index contributed by atoms with van der Waals surface area (Å²) < 4.78 is 4.99. The van der Waals surface area contributed by atoms with E-state index in [2.05, 4.69) is 58.7 Å². The number of carbonyl (C=O) groups excluding carboxylic acids is 2. The predicted molar refractivity (Wildman–Crippen MR) is 167 cm³/mol. The van der Waals surface area contributed by atoms with Crippen LogP contribution in [0.3, 0.4) is 0 Å². The molecule has 0 radical (unpaired) electrons. The minimum Gasteiger partial charge on any atom is -0.466 e. The number of ether oxygens (including phenoxy) is 1. The third-order valence-electron chi connectivity index (χ3n) is 8.47. The van der Waals surface area contributed by atoms with Crippen molar-refractivity contribution in [1.29, 1.82) is 0 Å². The molecule has 224 valence electrons. The number of halogens is 1. The molecular formula is C35H43ClN2O4. The maximum Gasteiger partial charge on any atom is 0.305 e. The third kappa shape index (κ3) is 8.43. The standard InChI is InChI=1S/C35H43ClN2O4/c1-2-42-33(40)16-9-15-32(39)37-27-34(28-11-5-3-6-12-28,29-13-7-4-8-14-29)21-10-24-38-25-22-35(41,23-26-38)30-17-19-31(36)20-18-30/h3-8,11-14,17-20,41H,2,9-10,15-16,21-27H2,1H3,(H,37,39). The molecule has 1 fully saturated rings. The van der Waals surface area contributed by atoms with Gasteiger partial charge in [0.15, 0.2) is 0 Å². The van der Waals surface area contributed by atoms with E-state index in [1.165, 1.54) is 11.1 Å². The zero-order valence-corrected chi connectivity index (χ0v) is 25.3. The summed E-state index contributed by atoms with van der Waals surface area (Å²) in [4.78, 5) is 27.0. The van der Waals surface area contributed by atoms with Gasteiger partial charge in [0, 0.05) is 42.9 Å². The first kappa shape index (κ1) is 31.7. The first-order valence-electron chi connectivity index (χ1n) is 15.1. The van der Waals surface area contributed by atoms with E-state index < -0.39 is 11.0 Å². The second kappa shape index (κ2) is 15.3. The summed E-state index contributed by atoms with van der Waals surface area (Å²) in [7, 11) is 0. The van der Waals surface area contributed by atoms with E-state index in [4.69, 9.17) is 16.3 Å². The number of nitrogens with one attached hydrogen (secondary N) is 1. The van der Waals surface area contributed by atoms with Crippen LogP contribution in [0.2, 0.25) is 5.02 Å². The number of aliphatic hydroxyl groups is 1. The normalized spacial score (nSPS) is 15.2. The molecule has 1 heterocycles. The molecule has 1 aliphatic heterocycles. The fourth-order valence-electron chi connectivity index (χ4n) is 6.03. The number of rotatable bonds is 14. The lowest BCUT2D eigenvalue weighted by Gasteiger charge is -2.40. The van der Waals surface area contributed by atoms with E-state index >= 15 is 0 Å². The summed E-state index contributed by atoms with van der Waals surface area (Å²) in [6.07, 6.45) is 4.13. The van der Waals surface area contributed by atoms with Gasteiger partial charge in [0.1, 0.15) is 0 Å². The summed E-state index contributed by atoms with van der Waals surface area (Å²) in [6, 6.07) is 28.4. The zero-order valence-electron chi connectivity index (χ0n) is 24.6. The van der Waals surface area contributed by atoms with E-state index in [9.17, 15) is 14.7 Å². The van der Waals surface area contributed by atoms with Gasteiger partial charge in [-0.15, -0.1) is 0 Å². The van der Waals surface area contributed by atoms with Crippen molar-refractivity contribution in [1.82, 2.24) is 10.2 Å². The Hall–Kier alpha value is -3.19. The minimum atomic E-state index is -0.823. The zero-order chi connectivity index (χ0) is 29.8. The highest BCUT2D eigenvalue weighted by Crippen LogP contribution is 2.38. The lowest BCUT2D eigenvalue weighted by Crippen LogP contribution is -2.44. The molecule has 42 heavy (non-hydrogen) atoms. The average Bonchev–Trinajstić information content (AvgIpc) is 3.01. The molecule has 0 saturated carbocycles. The van der Waals surface area contributed by atoms with Crippen LogP contribution in [0.25, 0.3) is 0 Å². The number of amides is 1. The number of nitrogens with zero attached hydrogens (tertiary/aromatic N) is 1. The maximum absolute atomic E-state index is 12.9. The molecule has 2 N–H and O–H groups in total. The number of hydrogen-bond acceptors (Lipinski definition) is 5. The first-order valence-corrected chi connectivity index (χ1v) is 15.5. The minimum absolute atomic E-state index is 0.0620. The highest BCUT2D eigenvalue weighted by molar-refractivity contribution is 6.30. The van der Waals surface area contributed by atoms with Crippen molar-refractivity contribution < 1.29 is 19.4 Å². The molecule has 7 heteroatoms. The number of likely N-dealkylation sites (tertiary alicyclic amines) is 1. The van der Waals surface area contributed by atoms with E-state index in [-0.39, 0.29) is 24.7 Å². The van der Waals surface area contributed by atoms with Crippen molar-refractivity contribution in [2.75, 3.05) is 32.8 Å². The summed E-state index contributed by atoms with van der Waals surface area (Å²) in [5.74, 6) is -0.328. The van der Waals surface area contributed by atoms with Crippen molar-refractivity contribution in [2.24, 2.45) is 0 Å². The molecule has 6 nitrogen and oxygen atoms in total. The molecule has 1 aliphatic rings. The SMILES string of the molecule is CCOC(=O)CCCC(=O)NCC(CCCN1CCC(O)(c2ccc(Cl)cc2)CC1)(c1ccccc1)c1ccccc1.